The summed E-state index contributed by atoms with van der Waals surface area (Å²) in [7, 11) is -4.05. The Morgan fingerprint density at radius 2 is 1.87 bits per heavy atom. The number of amides is 2. The molecule has 12 heteroatoms. The molecule has 244 valence electrons. The van der Waals surface area contributed by atoms with Crippen molar-refractivity contribution in [2.75, 3.05) is 31.5 Å². The fraction of sp³-hybridized carbons (Fsp3) is 0.545. The second kappa shape index (κ2) is 13.3. The van der Waals surface area contributed by atoms with Gasteiger partial charge in [-0.2, -0.15) is 4.72 Å². The molecule has 0 aliphatic carbocycles. The summed E-state index contributed by atoms with van der Waals surface area (Å²) in [6.07, 6.45) is 2.81. The minimum atomic E-state index is -4.05. The largest absolute Gasteiger partial charge is 0.444 e. The van der Waals surface area contributed by atoms with Gasteiger partial charge < -0.3 is 20.3 Å². The highest BCUT2D eigenvalue weighted by molar-refractivity contribution is 7.89. The van der Waals surface area contributed by atoms with Gasteiger partial charge in [-0.3, -0.25) is 4.79 Å². The topological polar surface area (TPSA) is 130 Å². The Morgan fingerprint density at radius 1 is 1.13 bits per heavy atom. The van der Waals surface area contributed by atoms with E-state index in [2.05, 4.69) is 29.2 Å². The van der Waals surface area contributed by atoms with Gasteiger partial charge >= 0.3 is 6.09 Å². The fourth-order valence-electron chi connectivity index (χ4n) is 6.02. The first-order valence-corrected chi connectivity index (χ1v) is 18.0. The number of likely N-dealkylation sites (tertiary alicyclic amines) is 1. The van der Waals surface area contributed by atoms with Crippen molar-refractivity contribution in [3.8, 4) is 0 Å². The lowest BCUT2D eigenvalue weighted by atomic mass is 9.82. The molecule has 2 amide bonds. The predicted molar refractivity (Wildman–Crippen MR) is 178 cm³/mol. The third kappa shape index (κ3) is 8.53. The molecule has 1 fully saturated rings. The van der Waals surface area contributed by atoms with Crippen LogP contribution in [-0.4, -0.2) is 68.1 Å². The SMILES string of the molecule is CC1(C)CNc2c(cccc2S(=O)(=O)N[C@@H](Cc2nc3ccccc3s2)C(=O)N2CCC(CCNC(=O)OC(C)(C)C)CC2)C1. The highest BCUT2D eigenvalue weighted by Crippen LogP contribution is 2.36. The monoisotopic (exact) mass is 655 g/mol. The van der Waals surface area contributed by atoms with Crippen LogP contribution in [-0.2, 0) is 32.4 Å². The minimum Gasteiger partial charge on any atom is -0.444 e. The molecule has 0 saturated carbocycles. The highest BCUT2D eigenvalue weighted by Gasteiger charge is 2.35. The highest BCUT2D eigenvalue weighted by atomic mass is 32.2. The zero-order chi connectivity index (χ0) is 32.4. The lowest BCUT2D eigenvalue weighted by Crippen LogP contribution is -2.51. The first kappa shape index (κ1) is 33.2. The molecular formula is C33H45N5O5S2. The van der Waals surface area contributed by atoms with Crippen molar-refractivity contribution in [2.45, 2.75) is 83.3 Å². The normalized spacial score (nSPS) is 17.8. The van der Waals surface area contributed by atoms with E-state index in [0.717, 1.165) is 41.5 Å². The average Bonchev–Trinajstić information content (AvgIpc) is 3.37. The number of carbonyl (C=O) groups excluding carboxylic acids is 2. The molecule has 0 spiro atoms. The van der Waals surface area contributed by atoms with Crippen molar-refractivity contribution < 1.29 is 22.7 Å². The average molecular weight is 656 g/mol. The smallest absolute Gasteiger partial charge is 0.407 e. The number of hydrogen-bond acceptors (Lipinski definition) is 8. The van der Waals surface area contributed by atoms with Crippen molar-refractivity contribution >= 4 is 49.3 Å². The number of carbonyl (C=O) groups is 2. The van der Waals surface area contributed by atoms with Gasteiger partial charge in [-0.1, -0.05) is 38.1 Å². The zero-order valence-corrected chi connectivity index (χ0v) is 28.4. The molecule has 3 N–H and O–H groups in total. The number of sulfonamides is 1. The van der Waals surface area contributed by atoms with Crippen LogP contribution in [0.25, 0.3) is 10.2 Å². The summed E-state index contributed by atoms with van der Waals surface area (Å²) in [6, 6.07) is 12.1. The summed E-state index contributed by atoms with van der Waals surface area (Å²) >= 11 is 1.48. The fourth-order valence-corrected chi connectivity index (χ4v) is 8.45. The molecule has 3 aromatic rings. The molecule has 1 aromatic heterocycles. The first-order chi connectivity index (χ1) is 21.2. The van der Waals surface area contributed by atoms with Crippen molar-refractivity contribution in [3.63, 3.8) is 0 Å². The number of ether oxygens (including phenoxy) is 1. The molecule has 2 aliphatic heterocycles. The molecule has 0 unspecified atom stereocenters. The third-order valence-corrected chi connectivity index (χ3v) is 10.8. The van der Waals surface area contributed by atoms with E-state index in [-0.39, 0.29) is 22.6 Å². The molecule has 2 aliphatic rings. The number of thiazole rings is 1. The molecule has 3 heterocycles. The summed E-state index contributed by atoms with van der Waals surface area (Å²) < 4.78 is 37.0. The number of piperidine rings is 1. The van der Waals surface area contributed by atoms with E-state index in [1.807, 2.05) is 51.1 Å². The summed E-state index contributed by atoms with van der Waals surface area (Å²) in [5.41, 5.74) is 1.84. The number of nitrogens with zero attached hydrogens (tertiary/aromatic N) is 2. The molecule has 1 atom stereocenters. The number of fused-ring (bicyclic) bond motifs is 2. The van der Waals surface area contributed by atoms with Gasteiger partial charge in [0.2, 0.25) is 15.9 Å². The minimum absolute atomic E-state index is 0.00603. The van der Waals surface area contributed by atoms with Crippen LogP contribution in [0.5, 0.6) is 0 Å². The maximum atomic E-state index is 14.0. The van der Waals surface area contributed by atoms with Gasteiger partial charge in [0.25, 0.3) is 0 Å². The summed E-state index contributed by atoms with van der Waals surface area (Å²) in [5.74, 6) is 0.0941. The molecule has 1 saturated heterocycles. The zero-order valence-electron chi connectivity index (χ0n) is 26.8. The van der Waals surface area contributed by atoms with E-state index in [9.17, 15) is 18.0 Å². The Labute approximate surface area is 270 Å². The molecule has 0 radical (unpaired) electrons. The van der Waals surface area contributed by atoms with Crippen LogP contribution in [0.2, 0.25) is 0 Å². The lowest BCUT2D eigenvalue weighted by molar-refractivity contribution is -0.134. The number of aromatic nitrogens is 1. The van der Waals surface area contributed by atoms with Crippen LogP contribution in [0.3, 0.4) is 0 Å². The van der Waals surface area contributed by atoms with Gasteiger partial charge in [-0.05, 0) is 81.5 Å². The van der Waals surface area contributed by atoms with Gasteiger partial charge in [-0.25, -0.2) is 18.2 Å². The number of benzene rings is 2. The first-order valence-electron chi connectivity index (χ1n) is 15.7. The van der Waals surface area contributed by atoms with E-state index in [1.54, 1.807) is 17.0 Å². The Kier molecular flexibility index (Phi) is 9.76. The van der Waals surface area contributed by atoms with Crippen molar-refractivity contribution in [1.82, 2.24) is 19.9 Å². The van der Waals surface area contributed by atoms with Crippen molar-refractivity contribution in [3.05, 3.63) is 53.0 Å². The quantitative estimate of drug-likeness (QED) is 0.284. The van der Waals surface area contributed by atoms with Crippen LogP contribution in [0.15, 0.2) is 47.4 Å². The Balaban J connectivity index is 1.29. The number of para-hydroxylation sites is 2. The Bertz CT molecular complexity index is 1610. The van der Waals surface area contributed by atoms with Gasteiger partial charge in [0.05, 0.1) is 20.9 Å². The molecule has 10 nitrogen and oxygen atoms in total. The molecule has 45 heavy (non-hydrogen) atoms. The van der Waals surface area contributed by atoms with Gasteiger partial charge in [0, 0.05) is 32.6 Å². The van der Waals surface area contributed by atoms with Crippen LogP contribution in [0.4, 0.5) is 10.5 Å². The number of anilines is 1. The summed E-state index contributed by atoms with van der Waals surface area (Å²) in [6.45, 7) is 12.0. The molecular weight excluding hydrogens is 611 g/mol. The van der Waals surface area contributed by atoms with Crippen LogP contribution in [0, 0.1) is 11.3 Å². The maximum Gasteiger partial charge on any atom is 0.407 e. The maximum absolute atomic E-state index is 14.0. The van der Waals surface area contributed by atoms with Gasteiger partial charge in [0.15, 0.2) is 0 Å². The van der Waals surface area contributed by atoms with Crippen LogP contribution >= 0.6 is 11.3 Å². The van der Waals surface area contributed by atoms with Crippen LogP contribution in [0.1, 0.15) is 64.5 Å². The van der Waals surface area contributed by atoms with E-state index < -0.39 is 27.8 Å². The van der Waals surface area contributed by atoms with E-state index in [4.69, 9.17) is 9.72 Å². The van der Waals surface area contributed by atoms with Gasteiger partial charge in [0.1, 0.15) is 16.5 Å². The second-order valence-corrected chi connectivity index (χ2v) is 16.7. The number of hydrogen-bond donors (Lipinski definition) is 3. The van der Waals surface area contributed by atoms with E-state index in [1.165, 1.54) is 11.3 Å². The molecule has 0 bridgehead atoms. The van der Waals surface area contributed by atoms with Gasteiger partial charge in [-0.15, -0.1) is 11.3 Å². The number of rotatable bonds is 9. The predicted octanol–water partition coefficient (Wildman–Crippen LogP) is 5.33. The number of nitrogens with one attached hydrogen (secondary N) is 3. The van der Waals surface area contributed by atoms with E-state index in [0.29, 0.717) is 42.8 Å². The number of alkyl carbamates (subject to hydrolysis) is 1. The van der Waals surface area contributed by atoms with Crippen molar-refractivity contribution in [1.29, 1.82) is 0 Å². The second-order valence-electron chi connectivity index (χ2n) is 13.9. The van der Waals surface area contributed by atoms with E-state index >= 15 is 0 Å². The standard InChI is InChI=1S/C33H45N5O5S2/c1-32(2,3)43-31(40)34-16-13-22-14-17-38(18-15-22)30(39)25(19-28-36-24-10-6-7-11-26(24)44-28)37-45(41,42)27-12-8-9-23-20-33(4,5)21-35-29(23)27/h6-12,22,25,35,37H,13-21H2,1-5H3,(H,34,40)/t25-/m0/s1. The summed E-state index contributed by atoms with van der Waals surface area (Å²) in [5, 5.41) is 6.86. The van der Waals surface area contributed by atoms with Crippen LogP contribution < -0.4 is 15.4 Å². The Hall–Kier alpha value is -3.22. The summed E-state index contributed by atoms with van der Waals surface area (Å²) in [4.78, 5) is 32.7. The molecule has 2 aromatic carbocycles. The molecule has 5 rings (SSSR count). The van der Waals surface area contributed by atoms with Crippen molar-refractivity contribution in [2.24, 2.45) is 11.3 Å². The lowest BCUT2D eigenvalue weighted by Gasteiger charge is -2.35. The Morgan fingerprint density at radius 3 is 2.58 bits per heavy atom. The third-order valence-electron chi connectivity index (χ3n) is 8.27.